The zero-order valence-corrected chi connectivity index (χ0v) is 33.0. The van der Waals surface area contributed by atoms with Crippen molar-refractivity contribution in [2.75, 3.05) is 66.4 Å². The largest absolute Gasteiger partial charge is 0.417 e. The van der Waals surface area contributed by atoms with E-state index in [2.05, 4.69) is 21.3 Å². The Morgan fingerprint density at radius 2 is 1.54 bits per heavy atom. The molecule has 59 heavy (non-hydrogen) atoms. The Labute approximate surface area is 344 Å². The lowest BCUT2D eigenvalue weighted by atomic mass is 10.0. The molecular weight excluding hydrogens is 786 g/mol. The van der Waals surface area contributed by atoms with E-state index in [4.69, 9.17) is 17.0 Å². The number of anilines is 4. The first-order valence-electron chi connectivity index (χ1n) is 18.7. The van der Waals surface area contributed by atoms with Crippen LogP contribution in [0.4, 0.5) is 40.7 Å². The number of rotatable bonds is 15. The SMILES string of the molecule is CC1(C)C(=O)N(c2ccc(C#N)c(C(F)(F)F)c2)C(=S)N1c1ccc(-c2ccc(NCCOCCNc3ccccc3C(=O)NCCN3CCC(=O)NC3=O)cc2)cc1. The molecular formula is C42H41F3N8O5S. The van der Waals surface area contributed by atoms with Crippen molar-refractivity contribution in [1.82, 2.24) is 15.5 Å². The van der Waals surface area contributed by atoms with Crippen LogP contribution in [0, 0.1) is 11.3 Å². The van der Waals surface area contributed by atoms with Crippen molar-refractivity contribution < 1.29 is 37.1 Å². The van der Waals surface area contributed by atoms with Crippen LogP contribution in [0.3, 0.4) is 0 Å². The Hall–Kier alpha value is -6.51. The summed E-state index contributed by atoms with van der Waals surface area (Å²) in [4.78, 5) is 53.8. The third-order valence-electron chi connectivity index (χ3n) is 9.82. The minimum Gasteiger partial charge on any atom is -0.383 e. The van der Waals surface area contributed by atoms with Crippen LogP contribution in [0.5, 0.6) is 0 Å². The predicted octanol–water partition coefficient (Wildman–Crippen LogP) is 6.37. The summed E-state index contributed by atoms with van der Waals surface area (Å²) >= 11 is 5.66. The maximum Gasteiger partial charge on any atom is 0.417 e. The molecule has 306 valence electrons. The Bertz CT molecular complexity index is 2280. The highest BCUT2D eigenvalue weighted by atomic mass is 32.1. The summed E-state index contributed by atoms with van der Waals surface area (Å²) in [7, 11) is 0. The fraction of sp³-hybridized carbons (Fsp3) is 0.286. The van der Waals surface area contributed by atoms with E-state index in [1.807, 2.05) is 42.5 Å². The lowest BCUT2D eigenvalue weighted by Gasteiger charge is -2.29. The molecule has 2 aliphatic heterocycles. The molecule has 2 fully saturated rings. The highest BCUT2D eigenvalue weighted by Crippen LogP contribution is 2.40. The number of nitrogens with one attached hydrogen (secondary N) is 4. The lowest BCUT2D eigenvalue weighted by Crippen LogP contribution is -2.51. The predicted molar refractivity (Wildman–Crippen MR) is 221 cm³/mol. The molecule has 0 bridgehead atoms. The van der Waals surface area contributed by atoms with Crippen LogP contribution in [0.1, 0.15) is 41.8 Å². The van der Waals surface area contributed by atoms with Gasteiger partial charge in [0.2, 0.25) is 5.91 Å². The molecule has 4 aromatic carbocycles. The smallest absolute Gasteiger partial charge is 0.383 e. The first-order chi connectivity index (χ1) is 28.2. The molecule has 0 aliphatic carbocycles. The van der Waals surface area contributed by atoms with Crippen LogP contribution in [0.25, 0.3) is 11.1 Å². The number of halogens is 3. The van der Waals surface area contributed by atoms with Gasteiger partial charge in [-0.3, -0.25) is 24.6 Å². The topological polar surface area (TPSA) is 159 Å². The van der Waals surface area contributed by atoms with Crippen molar-refractivity contribution in [3.63, 3.8) is 0 Å². The second kappa shape index (κ2) is 18.0. The van der Waals surface area contributed by atoms with E-state index in [1.54, 1.807) is 55.1 Å². The summed E-state index contributed by atoms with van der Waals surface area (Å²) in [6.45, 7) is 6.00. The number of para-hydroxylation sites is 1. The Balaban J connectivity index is 0.952. The number of nitrogens with zero attached hydrogens (tertiary/aromatic N) is 4. The summed E-state index contributed by atoms with van der Waals surface area (Å²) < 4.78 is 46.9. The fourth-order valence-electron chi connectivity index (χ4n) is 6.72. The molecule has 2 heterocycles. The van der Waals surface area contributed by atoms with Crippen molar-refractivity contribution in [1.29, 1.82) is 5.26 Å². The average Bonchev–Trinajstić information content (AvgIpc) is 3.39. The highest BCUT2D eigenvalue weighted by Gasteiger charge is 2.50. The second-order valence-electron chi connectivity index (χ2n) is 14.1. The van der Waals surface area contributed by atoms with Gasteiger partial charge in [0.25, 0.3) is 11.8 Å². The number of carbonyl (C=O) groups is 4. The summed E-state index contributed by atoms with van der Waals surface area (Å²) in [6, 6.07) is 26.5. The summed E-state index contributed by atoms with van der Waals surface area (Å²) in [5.74, 6) is -1.09. The zero-order valence-electron chi connectivity index (χ0n) is 32.2. The van der Waals surface area contributed by atoms with Crippen LogP contribution in [0.2, 0.25) is 0 Å². The van der Waals surface area contributed by atoms with E-state index in [1.165, 1.54) is 11.0 Å². The fourth-order valence-corrected chi connectivity index (χ4v) is 7.24. The van der Waals surface area contributed by atoms with Gasteiger partial charge in [0.15, 0.2) is 5.11 Å². The first kappa shape index (κ1) is 42.1. The molecule has 4 aromatic rings. The van der Waals surface area contributed by atoms with Gasteiger partial charge in [0.05, 0.1) is 41.7 Å². The number of carbonyl (C=O) groups excluding carboxylic acids is 4. The van der Waals surface area contributed by atoms with Gasteiger partial charge in [0, 0.05) is 56.2 Å². The number of hydrogen-bond donors (Lipinski definition) is 4. The molecule has 5 amide bonds. The molecule has 0 saturated carbocycles. The lowest BCUT2D eigenvalue weighted by molar-refractivity contribution is -0.137. The number of thiocarbonyl (C=S) groups is 1. The van der Waals surface area contributed by atoms with Crippen molar-refractivity contribution >= 4 is 63.8 Å². The molecule has 2 saturated heterocycles. The molecule has 17 heteroatoms. The molecule has 2 aliphatic rings. The van der Waals surface area contributed by atoms with Gasteiger partial charge in [-0.25, -0.2) is 4.79 Å². The molecule has 0 aromatic heterocycles. The van der Waals surface area contributed by atoms with Crippen LogP contribution in [-0.4, -0.2) is 85.2 Å². The quantitative estimate of drug-likeness (QED) is 0.0784. The van der Waals surface area contributed by atoms with E-state index in [-0.39, 0.29) is 42.1 Å². The van der Waals surface area contributed by atoms with Crippen molar-refractivity contribution in [3.05, 3.63) is 108 Å². The third-order valence-corrected chi connectivity index (χ3v) is 10.2. The van der Waals surface area contributed by atoms with Crippen molar-refractivity contribution in [2.24, 2.45) is 0 Å². The number of nitriles is 1. The van der Waals surface area contributed by atoms with Crippen LogP contribution < -0.4 is 31.1 Å². The summed E-state index contributed by atoms with van der Waals surface area (Å²) in [6.07, 6.45) is -4.56. The van der Waals surface area contributed by atoms with Gasteiger partial charge >= 0.3 is 12.2 Å². The Kier molecular flexibility index (Phi) is 12.8. The molecule has 0 radical (unpaired) electrons. The average molecular weight is 827 g/mol. The maximum absolute atomic E-state index is 13.7. The normalized spacial score (nSPS) is 15.2. The van der Waals surface area contributed by atoms with Gasteiger partial charge in [-0.2, -0.15) is 18.4 Å². The van der Waals surface area contributed by atoms with Crippen molar-refractivity contribution in [2.45, 2.75) is 32.0 Å². The molecule has 0 atom stereocenters. The van der Waals surface area contributed by atoms with E-state index in [0.29, 0.717) is 49.8 Å². The van der Waals surface area contributed by atoms with Gasteiger partial charge < -0.3 is 30.5 Å². The van der Waals surface area contributed by atoms with Gasteiger partial charge in [-0.15, -0.1) is 0 Å². The number of hydrogen-bond acceptors (Lipinski definition) is 9. The number of imide groups is 1. The van der Waals surface area contributed by atoms with Crippen LogP contribution in [-0.2, 0) is 20.5 Å². The molecule has 13 nitrogen and oxygen atoms in total. The number of amides is 5. The molecule has 6 rings (SSSR count). The second-order valence-corrected chi connectivity index (χ2v) is 14.5. The van der Waals surface area contributed by atoms with Crippen LogP contribution in [0.15, 0.2) is 91.0 Å². The van der Waals surface area contributed by atoms with Crippen molar-refractivity contribution in [3.8, 4) is 17.2 Å². The molecule has 4 N–H and O–H groups in total. The van der Waals surface area contributed by atoms with Crippen LogP contribution >= 0.6 is 12.2 Å². The van der Waals surface area contributed by atoms with Gasteiger partial charge in [-0.05, 0) is 91.8 Å². The van der Waals surface area contributed by atoms with E-state index >= 15 is 0 Å². The Morgan fingerprint density at radius 3 is 2.20 bits per heavy atom. The molecule has 0 unspecified atom stereocenters. The van der Waals surface area contributed by atoms with Gasteiger partial charge in [0.1, 0.15) is 5.54 Å². The summed E-state index contributed by atoms with van der Waals surface area (Å²) in [5.41, 5.74) is 1.46. The summed E-state index contributed by atoms with van der Waals surface area (Å²) in [5, 5.41) is 20.9. The zero-order chi connectivity index (χ0) is 42.3. The number of benzene rings is 4. The van der Waals surface area contributed by atoms with E-state index in [9.17, 15) is 37.6 Å². The van der Waals surface area contributed by atoms with E-state index < -0.39 is 34.8 Å². The Morgan fingerprint density at radius 1 is 0.898 bits per heavy atom. The third kappa shape index (κ3) is 9.62. The highest BCUT2D eigenvalue weighted by molar-refractivity contribution is 7.81. The maximum atomic E-state index is 13.7. The minimum atomic E-state index is -4.79. The standard InChI is InChI=1S/C42H41F3N8O5S/c1-41(2)38(56)52(32-16-11-29(26-46)34(25-32)42(43,44)45)40(59)53(41)31-14-9-28(10-15-31)27-7-12-30(13-8-27)47-19-23-58-24-20-48-35-6-4-3-5-33(35)37(55)49-18-22-51-21-17-36(54)50-39(51)57/h3-16,25,47-48H,17-24H2,1-2H3,(H,49,55)(H,50,54,57). The van der Waals surface area contributed by atoms with E-state index in [0.717, 1.165) is 33.8 Å². The van der Waals surface area contributed by atoms with Gasteiger partial charge in [-0.1, -0.05) is 36.4 Å². The number of urea groups is 1. The number of ether oxygens (including phenoxy) is 1. The monoisotopic (exact) mass is 826 g/mol. The number of alkyl halides is 3. The molecule has 0 spiro atoms. The first-order valence-corrected chi connectivity index (χ1v) is 19.1. The minimum absolute atomic E-state index is 0.0202.